The van der Waals surface area contributed by atoms with Gasteiger partial charge >= 0.3 is 0 Å². The number of aromatic hydroxyl groups is 1. The van der Waals surface area contributed by atoms with E-state index < -0.39 is 10.0 Å². The van der Waals surface area contributed by atoms with Crippen molar-refractivity contribution in [2.75, 3.05) is 16.7 Å². The van der Waals surface area contributed by atoms with Crippen LogP contribution in [0.2, 0.25) is 0 Å². The molecule has 0 saturated carbocycles. The second-order valence-corrected chi connectivity index (χ2v) is 5.95. The van der Waals surface area contributed by atoms with Crippen LogP contribution in [0.25, 0.3) is 11.1 Å². The molecule has 19 heavy (non-hydrogen) atoms. The smallest absolute Gasteiger partial charge is 0.229 e. The Labute approximate surface area is 111 Å². The Kier molecular flexibility index (Phi) is 3.35. The zero-order chi connectivity index (χ0) is 14.0. The van der Waals surface area contributed by atoms with E-state index in [4.69, 9.17) is 5.73 Å². The lowest BCUT2D eigenvalue weighted by Crippen LogP contribution is -2.09. The molecule has 0 aliphatic heterocycles. The molecule has 0 saturated heterocycles. The van der Waals surface area contributed by atoms with Crippen LogP contribution in [0, 0.1) is 0 Å². The average molecular weight is 278 g/mol. The Bertz CT molecular complexity index is 712. The van der Waals surface area contributed by atoms with E-state index in [1.54, 1.807) is 36.4 Å². The second kappa shape index (κ2) is 4.81. The monoisotopic (exact) mass is 278 g/mol. The van der Waals surface area contributed by atoms with Crippen LogP contribution in [0.1, 0.15) is 0 Å². The van der Waals surface area contributed by atoms with E-state index in [-0.39, 0.29) is 11.4 Å². The molecular weight excluding hydrogens is 264 g/mol. The van der Waals surface area contributed by atoms with Crippen molar-refractivity contribution in [1.82, 2.24) is 0 Å². The molecule has 0 radical (unpaired) electrons. The summed E-state index contributed by atoms with van der Waals surface area (Å²) in [5, 5.41) is 10.1. The van der Waals surface area contributed by atoms with Crippen molar-refractivity contribution in [3.05, 3.63) is 42.5 Å². The summed E-state index contributed by atoms with van der Waals surface area (Å²) >= 11 is 0. The predicted molar refractivity (Wildman–Crippen MR) is 76.4 cm³/mol. The van der Waals surface area contributed by atoms with E-state index >= 15 is 0 Å². The van der Waals surface area contributed by atoms with Crippen LogP contribution in [0.5, 0.6) is 5.75 Å². The van der Waals surface area contributed by atoms with Crippen molar-refractivity contribution in [1.29, 1.82) is 0 Å². The molecule has 0 unspecified atom stereocenters. The number of nitrogens with two attached hydrogens (primary N) is 1. The fourth-order valence-electron chi connectivity index (χ4n) is 1.76. The van der Waals surface area contributed by atoms with Crippen LogP contribution in [0.3, 0.4) is 0 Å². The Morgan fingerprint density at radius 1 is 1.16 bits per heavy atom. The number of phenolic OH excluding ortho intramolecular Hbond substituents is 1. The standard InChI is InChI=1S/C13H14N2O3S/c1-19(17,18)15-12-7-3-6-11(13(12)16)9-4-2-5-10(14)8-9/h2-8,15-16H,14H2,1H3. The van der Waals surface area contributed by atoms with Crippen LogP contribution < -0.4 is 10.5 Å². The molecule has 0 bridgehead atoms. The molecule has 0 fully saturated rings. The molecule has 0 aliphatic carbocycles. The molecule has 0 amide bonds. The highest BCUT2D eigenvalue weighted by molar-refractivity contribution is 7.92. The van der Waals surface area contributed by atoms with Crippen LogP contribution >= 0.6 is 0 Å². The van der Waals surface area contributed by atoms with Crippen molar-refractivity contribution in [2.24, 2.45) is 0 Å². The highest BCUT2D eigenvalue weighted by atomic mass is 32.2. The first kappa shape index (κ1) is 13.2. The molecule has 0 atom stereocenters. The molecule has 4 N–H and O–H groups in total. The minimum absolute atomic E-state index is 0.126. The fraction of sp³-hybridized carbons (Fsp3) is 0.0769. The molecule has 5 nitrogen and oxygen atoms in total. The highest BCUT2D eigenvalue weighted by Crippen LogP contribution is 2.36. The summed E-state index contributed by atoms with van der Waals surface area (Å²) in [5.41, 5.74) is 7.63. The minimum Gasteiger partial charge on any atom is -0.505 e. The number of phenols is 1. The van der Waals surface area contributed by atoms with Gasteiger partial charge in [-0.2, -0.15) is 0 Å². The normalized spacial score (nSPS) is 11.2. The first-order valence-electron chi connectivity index (χ1n) is 5.52. The maximum Gasteiger partial charge on any atom is 0.229 e. The van der Waals surface area contributed by atoms with Crippen LogP contribution in [0.4, 0.5) is 11.4 Å². The number of hydrogen-bond acceptors (Lipinski definition) is 4. The molecule has 2 aromatic carbocycles. The zero-order valence-electron chi connectivity index (χ0n) is 10.3. The topological polar surface area (TPSA) is 92.4 Å². The molecule has 0 heterocycles. The van der Waals surface area contributed by atoms with Gasteiger partial charge < -0.3 is 10.8 Å². The van der Waals surface area contributed by atoms with Gasteiger partial charge in [-0.3, -0.25) is 4.72 Å². The predicted octanol–water partition coefficient (Wildman–Crippen LogP) is 2.01. The van der Waals surface area contributed by atoms with Gasteiger partial charge in [0.25, 0.3) is 0 Å². The first-order valence-corrected chi connectivity index (χ1v) is 7.41. The average Bonchev–Trinajstić information content (AvgIpc) is 2.30. The quantitative estimate of drug-likeness (QED) is 0.591. The maximum absolute atomic E-state index is 11.2. The molecular formula is C13H14N2O3S. The number of benzene rings is 2. The number of sulfonamides is 1. The number of para-hydroxylation sites is 1. The van der Waals surface area contributed by atoms with Gasteiger partial charge in [0.1, 0.15) is 5.75 Å². The molecule has 0 aliphatic rings. The highest BCUT2D eigenvalue weighted by Gasteiger charge is 2.11. The molecule has 2 aromatic rings. The van der Waals surface area contributed by atoms with Gasteiger partial charge in [-0.05, 0) is 23.8 Å². The van der Waals surface area contributed by atoms with Crippen LogP contribution in [-0.4, -0.2) is 19.8 Å². The molecule has 100 valence electrons. The van der Waals surface area contributed by atoms with Crippen molar-refractivity contribution < 1.29 is 13.5 Å². The maximum atomic E-state index is 11.2. The Morgan fingerprint density at radius 3 is 2.47 bits per heavy atom. The van der Waals surface area contributed by atoms with Gasteiger partial charge in [-0.25, -0.2) is 8.42 Å². The first-order chi connectivity index (χ1) is 8.87. The molecule has 2 rings (SSSR count). The molecule has 0 spiro atoms. The van der Waals surface area contributed by atoms with E-state index in [0.717, 1.165) is 11.8 Å². The van der Waals surface area contributed by atoms with E-state index in [2.05, 4.69) is 4.72 Å². The SMILES string of the molecule is CS(=O)(=O)Nc1cccc(-c2cccc(N)c2)c1O. The summed E-state index contributed by atoms with van der Waals surface area (Å²) < 4.78 is 24.7. The summed E-state index contributed by atoms with van der Waals surface area (Å²) in [6.45, 7) is 0. The van der Waals surface area contributed by atoms with Crippen LogP contribution in [-0.2, 0) is 10.0 Å². The van der Waals surface area contributed by atoms with E-state index in [1.807, 2.05) is 0 Å². The van der Waals surface area contributed by atoms with E-state index in [0.29, 0.717) is 11.3 Å². The Morgan fingerprint density at radius 2 is 1.84 bits per heavy atom. The van der Waals surface area contributed by atoms with Gasteiger partial charge in [-0.15, -0.1) is 0 Å². The number of nitrogens with one attached hydrogen (secondary N) is 1. The fourth-order valence-corrected chi connectivity index (χ4v) is 2.33. The third kappa shape index (κ3) is 3.17. The summed E-state index contributed by atoms with van der Waals surface area (Å²) in [7, 11) is -3.44. The lowest BCUT2D eigenvalue weighted by atomic mass is 10.0. The summed E-state index contributed by atoms with van der Waals surface area (Å²) in [5.74, 6) is -0.126. The molecule has 0 aromatic heterocycles. The lowest BCUT2D eigenvalue weighted by Gasteiger charge is -2.11. The van der Waals surface area contributed by atoms with Gasteiger partial charge in [-0.1, -0.05) is 24.3 Å². The van der Waals surface area contributed by atoms with E-state index in [1.165, 1.54) is 6.07 Å². The summed E-state index contributed by atoms with van der Waals surface area (Å²) in [6.07, 6.45) is 1.03. The number of nitrogen functional groups attached to an aromatic ring is 1. The number of hydrogen-bond donors (Lipinski definition) is 3. The Balaban J connectivity index is 2.51. The largest absolute Gasteiger partial charge is 0.505 e. The van der Waals surface area contributed by atoms with Gasteiger partial charge in [0.15, 0.2) is 0 Å². The third-order valence-electron chi connectivity index (χ3n) is 2.53. The Hall–Kier alpha value is -2.21. The van der Waals surface area contributed by atoms with Crippen molar-refractivity contribution in [3.63, 3.8) is 0 Å². The van der Waals surface area contributed by atoms with Gasteiger partial charge in [0.05, 0.1) is 11.9 Å². The summed E-state index contributed by atoms with van der Waals surface area (Å²) in [6, 6.07) is 11.8. The van der Waals surface area contributed by atoms with Gasteiger partial charge in [0, 0.05) is 11.3 Å². The second-order valence-electron chi connectivity index (χ2n) is 4.20. The van der Waals surface area contributed by atoms with Crippen molar-refractivity contribution in [2.45, 2.75) is 0 Å². The van der Waals surface area contributed by atoms with E-state index in [9.17, 15) is 13.5 Å². The zero-order valence-corrected chi connectivity index (χ0v) is 11.1. The molecule has 6 heteroatoms. The third-order valence-corrected chi connectivity index (χ3v) is 3.12. The van der Waals surface area contributed by atoms with Crippen molar-refractivity contribution >= 4 is 21.4 Å². The number of anilines is 2. The van der Waals surface area contributed by atoms with Crippen LogP contribution in [0.15, 0.2) is 42.5 Å². The summed E-state index contributed by atoms with van der Waals surface area (Å²) in [4.78, 5) is 0. The van der Waals surface area contributed by atoms with Crippen molar-refractivity contribution in [3.8, 4) is 16.9 Å². The lowest BCUT2D eigenvalue weighted by molar-refractivity contribution is 0.479. The number of rotatable bonds is 3. The minimum atomic E-state index is -3.44. The van der Waals surface area contributed by atoms with Gasteiger partial charge in [0.2, 0.25) is 10.0 Å².